The SMILES string of the molecule is CCOc1ccc2nc(NCCOCC(F)(F)F)sc2c1. The zero-order chi connectivity index (χ0) is 15.3. The van der Waals surface area contributed by atoms with Crippen molar-refractivity contribution in [2.75, 3.05) is 31.7 Å². The van der Waals surface area contributed by atoms with E-state index in [1.165, 1.54) is 11.3 Å². The van der Waals surface area contributed by atoms with Crippen molar-refractivity contribution in [3.05, 3.63) is 18.2 Å². The summed E-state index contributed by atoms with van der Waals surface area (Å²) in [4.78, 5) is 4.33. The standard InChI is InChI=1S/C13H15F3N2O2S/c1-2-20-9-3-4-10-11(7-9)21-12(18-10)17-5-6-19-8-13(14,15)16/h3-4,7H,2,5-6,8H2,1H3,(H,17,18). The topological polar surface area (TPSA) is 43.4 Å². The van der Waals surface area contributed by atoms with Gasteiger partial charge in [-0.15, -0.1) is 0 Å². The molecule has 0 saturated heterocycles. The first kappa shape index (κ1) is 15.8. The molecule has 4 nitrogen and oxygen atoms in total. The van der Waals surface area contributed by atoms with Crippen LogP contribution in [0.4, 0.5) is 18.3 Å². The van der Waals surface area contributed by atoms with Crippen LogP contribution in [0.25, 0.3) is 10.2 Å². The van der Waals surface area contributed by atoms with E-state index in [4.69, 9.17) is 4.74 Å². The van der Waals surface area contributed by atoms with Gasteiger partial charge in [-0.2, -0.15) is 13.2 Å². The highest BCUT2D eigenvalue weighted by Crippen LogP contribution is 2.29. The van der Waals surface area contributed by atoms with Gasteiger partial charge in [0, 0.05) is 6.54 Å². The maximum absolute atomic E-state index is 11.9. The Morgan fingerprint density at radius 2 is 2.14 bits per heavy atom. The average Bonchev–Trinajstić information content (AvgIpc) is 2.79. The first-order valence-electron chi connectivity index (χ1n) is 6.39. The Hall–Kier alpha value is -1.54. The monoisotopic (exact) mass is 320 g/mol. The molecule has 116 valence electrons. The lowest BCUT2D eigenvalue weighted by Gasteiger charge is -2.07. The number of halogens is 3. The number of nitrogens with zero attached hydrogens (tertiary/aromatic N) is 1. The molecule has 0 atom stereocenters. The molecule has 0 aliphatic heterocycles. The molecular weight excluding hydrogens is 305 g/mol. The molecule has 1 aromatic heterocycles. The van der Waals surface area contributed by atoms with Gasteiger partial charge >= 0.3 is 6.18 Å². The number of benzene rings is 1. The summed E-state index contributed by atoms with van der Waals surface area (Å²) < 4.78 is 46.5. The quantitative estimate of drug-likeness (QED) is 0.790. The van der Waals surface area contributed by atoms with Crippen LogP contribution < -0.4 is 10.1 Å². The van der Waals surface area contributed by atoms with Gasteiger partial charge in [-0.05, 0) is 25.1 Å². The predicted octanol–water partition coefficient (Wildman–Crippen LogP) is 3.69. The van der Waals surface area contributed by atoms with E-state index < -0.39 is 12.8 Å². The third-order valence-corrected chi connectivity index (χ3v) is 3.44. The molecule has 1 N–H and O–H groups in total. The molecule has 0 radical (unpaired) electrons. The van der Waals surface area contributed by atoms with Crippen LogP contribution in [0, 0.1) is 0 Å². The van der Waals surface area contributed by atoms with Crippen molar-refractivity contribution in [2.24, 2.45) is 0 Å². The fraction of sp³-hybridized carbons (Fsp3) is 0.462. The second-order valence-corrected chi connectivity index (χ2v) is 5.21. The molecule has 2 aromatic rings. The molecule has 8 heteroatoms. The number of fused-ring (bicyclic) bond motifs is 1. The lowest BCUT2D eigenvalue weighted by Crippen LogP contribution is -2.20. The van der Waals surface area contributed by atoms with E-state index in [0.717, 1.165) is 16.0 Å². The van der Waals surface area contributed by atoms with Crippen molar-refractivity contribution in [1.29, 1.82) is 0 Å². The van der Waals surface area contributed by atoms with E-state index in [1.54, 1.807) is 0 Å². The Morgan fingerprint density at radius 1 is 1.33 bits per heavy atom. The van der Waals surface area contributed by atoms with E-state index in [2.05, 4.69) is 15.0 Å². The van der Waals surface area contributed by atoms with Gasteiger partial charge < -0.3 is 14.8 Å². The van der Waals surface area contributed by atoms with Crippen molar-refractivity contribution in [2.45, 2.75) is 13.1 Å². The number of nitrogens with one attached hydrogen (secondary N) is 1. The van der Waals surface area contributed by atoms with Gasteiger partial charge in [0.15, 0.2) is 5.13 Å². The number of hydrogen-bond acceptors (Lipinski definition) is 5. The van der Waals surface area contributed by atoms with Gasteiger partial charge in [-0.1, -0.05) is 11.3 Å². The Kier molecular flexibility index (Phi) is 5.24. The first-order chi connectivity index (χ1) is 9.98. The van der Waals surface area contributed by atoms with Gasteiger partial charge in [0.1, 0.15) is 12.4 Å². The number of hydrogen-bond donors (Lipinski definition) is 1. The molecule has 0 aliphatic rings. The Balaban J connectivity index is 1.85. The van der Waals surface area contributed by atoms with Crippen LogP contribution in [0.3, 0.4) is 0 Å². The molecule has 0 saturated carbocycles. The predicted molar refractivity (Wildman–Crippen MR) is 76.2 cm³/mol. The lowest BCUT2D eigenvalue weighted by atomic mass is 10.3. The van der Waals surface area contributed by atoms with E-state index >= 15 is 0 Å². The first-order valence-corrected chi connectivity index (χ1v) is 7.21. The normalized spacial score (nSPS) is 11.8. The zero-order valence-corrected chi connectivity index (χ0v) is 12.2. The third kappa shape index (κ3) is 5.05. The molecule has 0 amide bonds. The maximum atomic E-state index is 11.9. The summed E-state index contributed by atoms with van der Waals surface area (Å²) in [7, 11) is 0. The summed E-state index contributed by atoms with van der Waals surface area (Å²) in [6.07, 6.45) is -4.29. The number of thiazole rings is 1. The van der Waals surface area contributed by atoms with Crippen molar-refractivity contribution in [3.8, 4) is 5.75 Å². The van der Waals surface area contributed by atoms with Crippen LogP contribution in [0.2, 0.25) is 0 Å². The number of alkyl halides is 3. The van der Waals surface area contributed by atoms with Crippen molar-refractivity contribution in [1.82, 2.24) is 4.98 Å². The minimum absolute atomic E-state index is 0.0281. The lowest BCUT2D eigenvalue weighted by molar-refractivity contribution is -0.172. The van der Waals surface area contributed by atoms with E-state index in [9.17, 15) is 13.2 Å². The summed E-state index contributed by atoms with van der Waals surface area (Å²) in [6.45, 7) is 1.51. The average molecular weight is 320 g/mol. The minimum atomic E-state index is -4.29. The molecule has 1 heterocycles. The second kappa shape index (κ2) is 6.95. The highest BCUT2D eigenvalue weighted by Gasteiger charge is 2.27. The van der Waals surface area contributed by atoms with Crippen LogP contribution in [-0.2, 0) is 4.74 Å². The van der Waals surface area contributed by atoms with Crippen LogP contribution in [-0.4, -0.2) is 37.5 Å². The number of anilines is 1. The van der Waals surface area contributed by atoms with E-state index in [-0.39, 0.29) is 13.2 Å². The summed E-state index contributed by atoms with van der Waals surface area (Å²) in [6, 6.07) is 5.58. The summed E-state index contributed by atoms with van der Waals surface area (Å²) >= 11 is 1.42. The third-order valence-electron chi connectivity index (χ3n) is 2.46. The zero-order valence-electron chi connectivity index (χ0n) is 11.4. The molecule has 2 rings (SSSR count). The van der Waals surface area contributed by atoms with Crippen molar-refractivity contribution < 1.29 is 22.6 Å². The van der Waals surface area contributed by atoms with E-state index in [1.807, 2.05) is 25.1 Å². The van der Waals surface area contributed by atoms with Gasteiger partial charge in [0.25, 0.3) is 0 Å². The smallest absolute Gasteiger partial charge is 0.411 e. The highest BCUT2D eigenvalue weighted by molar-refractivity contribution is 7.22. The minimum Gasteiger partial charge on any atom is -0.494 e. The molecule has 21 heavy (non-hydrogen) atoms. The Bertz CT molecular complexity index is 586. The molecule has 0 aliphatic carbocycles. The van der Waals surface area contributed by atoms with Crippen molar-refractivity contribution >= 4 is 26.7 Å². The highest BCUT2D eigenvalue weighted by atomic mass is 32.1. The van der Waals surface area contributed by atoms with E-state index in [0.29, 0.717) is 11.7 Å². The summed E-state index contributed by atoms with van der Waals surface area (Å²) in [5, 5.41) is 3.59. The second-order valence-electron chi connectivity index (χ2n) is 4.18. The van der Waals surface area contributed by atoms with Gasteiger partial charge in [0.2, 0.25) is 0 Å². The molecule has 0 unspecified atom stereocenters. The van der Waals surface area contributed by atoms with Gasteiger partial charge in [0.05, 0.1) is 23.4 Å². The summed E-state index contributed by atoms with van der Waals surface area (Å²) in [5.74, 6) is 0.772. The molecule has 0 spiro atoms. The summed E-state index contributed by atoms with van der Waals surface area (Å²) in [5.41, 5.74) is 0.821. The van der Waals surface area contributed by atoms with Gasteiger partial charge in [-0.3, -0.25) is 0 Å². The fourth-order valence-electron chi connectivity index (χ4n) is 1.66. The number of rotatable bonds is 7. The van der Waals surface area contributed by atoms with Gasteiger partial charge in [-0.25, -0.2) is 4.98 Å². The van der Waals surface area contributed by atoms with Crippen LogP contribution in [0.15, 0.2) is 18.2 Å². The molecular formula is C13H15F3N2O2S. The Morgan fingerprint density at radius 3 is 2.86 bits per heavy atom. The number of ether oxygens (including phenoxy) is 2. The van der Waals surface area contributed by atoms with Crippen LogP contribution in [0.5, 0.6) is 5.75 Å². The maximum Gasteiger partial charge on any atom is 0.411 e. The van der Waals surface area contributed by atoms with Crippen LogP contribution >= 0.6 is 11.3 Å². The fourth-order valence-corrected chi connectivity index (χ4v) is 2.57. The van der Waals surface area contributed by atoms with Crippen molar-refractivity contribution in [3.63, 3.8) is 0 Å². The van der Waals surface area contributed by atoms with Crippen LogP contribution in [0.1, 0.15) is 6.92 Å². The molecule has 1 aromatic carbocycles. The Labute approximate surface area is 123 Å². The number of aromatic nitrogens is 1. The largest absolute Gasteiger partial charge is 0.494 e. The molecule has 0 fully saturated rings. The molecule has 0 bridgehead atoms.